The van der Waals surface area contributed by atoms with Gasteiger partial charge in [-0.3, -0.25) is 10.1 Å². The number of benzene rings is 1. The summed E-state index contributed by atoms with van der Waals surface area (Å²) in [4.78, 5) is 32.8. The average molecular weight is 283 g/mol. The van der Waals surface area contributed by atoms with E-state index in [9.17, 15) is 14.4 Å². The second-order valence-corrected chi connectivity index (χ2v) is 3.95. The number of halogens is 1. The molecule has 0 heterocycles. The van der Waals surface area contributed by atoms with E-state index >= 15 is 0 Å². The van der Waals surface area contributed by atoms with E-state index in [1.807, 2.05) is 5.32 Å². The minimum Gasteiger partial charge on any atom is -0.478 e. The van der Waals surface area contributed by atoms with Crippen LogP contribution in [0.3, 0.4) is 0 Å². The third kappa shape index (κ3) is 4.81. The molecule has 0 fully saturated rings. The van der Waals surface area contributed by atoms with Gasteiger partial charge >= 0.3 is 12.0 Å². The van der Waals surface area contributed by atoms with Crippen LogP contribution in [-0.2, 0) is 9.59 Å². The lowest BCUT2D eigenvalue weighted by atomic mass is 10.2. The fraction of sp³-hybridized carbons (Fsp3) is 0.0833. The van der Waals surface area contributed by atoms with Crippen LogP contribution >= 0.6 is 11.6 Å². The third-order valence-electron chi connectivity index (χ3n) is 2.07. The maximum atomic E-state index is 11.5. The number of carbonyl (C=O) groups excluding carboxylic acids is 2. The Morgan fingerprint density at radius 2 is 1.95 bits per heavy atom. The van der Waals surface area contributed by atoms with Gasteiger partial charge in [-0.1, -0.05) is 23.7 Å². The van der Waals surface area contributed by atoms with Gasteiger partial charge in [0.15, 0.2) is 0 Å². The summed E-state index contributed by atoms with van der Waals surface area (Å²) in [5.74, 6) is -2.12. The summed E-state index contributed by atoms with van der Waals surface area (Å²) in [5.41, 5.74) is 1.12. The van der Waals surface area contributed by atoms with Gasteiger partial charge in [0.25, 0.3) is 5.91 Å². The van der Waals surface area contributed by atoms with E-state index in [1.165, 1.54) is 0 Å². The molecule has 0 bridgehead atoms. The predicted molar refractivity (Wildman–Crippen MR) is 70.1 cm³/mol. The highest BCUT2D eigenvalue weighted by Gasteiger charge is 2.09. The Hall–Kier alpha value is -2.34. The molecule has 1 aromatic carbocycles. The van der Waals surface area contributed by atoms with Gasteiger partial charge in [-0.25, -0.2) is 9.59 Å². The molecule has 0 aliphatic carbocycles. The number of aryl methyl sites for hydroxylation is 1. The van der Waals surface area contributed by atoms with Crippen LogP contribution in [0.5, 0.6) is 0 Å². The highest BCUT2D eigenvalue weighted by atomic mass is 35.5. The standard InChI is InChI=1S/C12H11ClN2O4/c1-7-3-2-4-8(13)11(7)15-12(19)14-9(16)5-6-10(17)18/h2-6H,1H3,(H,17,18)(H2,14,15,16,19). The van der Waals surface area contributed by atoms with Gasteiger partial charge in [-0.15, -0.1) is 0 Å². The Labute approximate surface area is 114 Å². The van der Waals surface area contributed by atoms with Crippen LogP contribution in [0.4, 0.5) is 10.5 Å². The van der Waals surface area contributed by atoms with Gasteiger partial charge in [0.05, 0.1) is 10.7 Å². The second-order valence-electron chi connectivity index (χ2n) is 3.55. The summed E-state index contributed by atoms with van der Waals surface area (Å²) < 4.78 is 0. The predicted octanol–water partition coefficient (Wildman–Crippen LogP) is 1.94. The number of rotatable bonds is 3. The fourth-order valence-corrected chi connectivity index (χ4v) is 1.50. The van der Waals surface area contributed by atoms with Crippen LogP contribution < -0.4 is 10.6 Å². The first-order chi connectivity index (χ1) is 8.90. The van der Waals surface area contributed by atoms with Crippen molar-refractivity contribution in [2.45, 2.75) is 6.92 Å². The molecule has 0 aliphatic rings. The monoisotopic (exact) mass is 282 g/mol. The molecule has 1 aromatic rings. The molecule has 19 heavy (non-hydrogen) atoms. The van der Waals surface area contributed by atoms with Crippen molar-refractivity contribution in [1.29, 1.82) is 0 Å². The fourth-order valence-electron chi connectivity index (χ4n) is 1.24. The van der Waals surface area contributed by atoms with Crippen molar-refractivity contribution in [2.75, 3.05) is 5.32 Å². The molecule has 7 heteroatoms. The van der Waals surface area contributed by atoms with Crippen molar-refractivity contribution in [3.63, 3.8) is 0 Å². The second kappa shape index (κ2) is 6.55. The molecule has 3 amide bonds. The molecule has 0 saturated carbocycles. The van der Waals surface area contributed by atoms with Crippen LogP contribution in [0.25, 0.3) is 0 Å². The van der Waals surface area contributed by atoms with E-state index < -0.39 is 17.9 Å². The molecule has 0 atom stereocenters. The van der Waals surface area contributed by atoms with Crippen LogP contribution in [-0.4, -0.2) is 23.0 Å². The molecule has 0 aromatic heterocycles. The summed E-state index contributed by atoms with van der Waals surface area (Å²) in [5, 5.41) is 13.0. The average Bonchev–Trinajstić information content (AvgIpc) is 2.31. The van der Waals surface area contributed by atoms with Gasteiger partial charge in [0.1, 0.15) is 0 Å². The highest BCUT2D eigenvalue weighted by Crippen LogP contribution is 2.24. The van der Waals surface area contributed by atoms with Crippen molar-refractivity contribution >= 4 is 35.2 Å². The van der Waals surface area contributed by atoms with Crippen molar-refractivity contribution in [2.24, 2.45) is 0 Å². The largest absolute Gasteiger partial charge is 0.478 e. The number of carboxylic acids is 1. The van der Waals surface area contributed by atoms with Crippen LogP contribution in [0.15, 0.2) is 30.4 Å². The van der Waals surface area contributed by atoms with Gasteiger partial charge in [-0.05, 0) is 18.6 Å². The number of para-hydroxylation sites is 1. The van der Waals surface area contributed by atoms with Gasteiger partial charge < -0.3 is 10.4 Å². The quantitative estimate of drug-likeness (QED) is 0.738. The summed E-state index contributed by atoms with van der Waals surface area (Å²) in [6.45, 7) is 1.74. The SMILES string of the molecule is Cc1cccc(Cl)c1NC(=O)NC(=O)C=CC(=O)O. The van der Waals surface area contributed by atoms with Crippen LogP contribution in [0, 0.1) is 6.92 Å². The van der Waals surface area contributed by atoms with E-state index in [0.29, 0.717) is 16.8 Å². The maximum absolute atomic E-state index is 11.5. The number of hydrogen-bond acceptors (Lipinski definition) is 3. The zero-order chi connectivity index (χ0) is 14.4. The molecule has 6 nitrogen and oxygen atoms in total. The number of carbonyl (C=O) groups is 3. The smallest absolute Gasteiger partial charge is 0.328 e. The minimum atomic E-state index is -1.28. The normalized spacial score (nSPS) is 10.2. The Morgan fingerprint density at radius 1 is 1.26 bits per heavy atom. The molecule has 1 rings (SSSR count). The number of urea groups is 1. The molecular weight excluding hydrogens is 272 g/mol. The molecular formula is C12H11ClN2O4. The minimum absolute atomic E-state index is 0.337. The molecule has 0 radical (unpaired) electrons. The Bertz CT molecular complexity index is 534. The van der Waals surface area contributed by atoms with E-state index in [0.717, 1.165) is 11.6 Å². The zero-order valence-electron chi connectivity index (χ0n) is 9.94. The van der Waals surface area contributed by atoms with Crippen LogP contribution in [0.2, 0.25) is 5.02 Å². The first-order valence-corrected chi connectivity index (χ1v) is 5.56. The summed E-state index contributed by atoms with van der Waals surface area (Å²) in [6, 6.07) is 4.27. The number of amides is 3. The molecule has 3 N–H and O–H groups in total. The Balaban J connectivity index is 2.66. The molecule has 100 valence electrons. The number of nitrogens with one attached hydrogen (secondary N) is 2. The lowest BCUT2D eigenvalue weighted by Gasteiger charge is -2.09. The van der Waals surface area contributed by atoms with Crippen LogP contribution in [0.1, 0.15) is 5.56 Å². The Morgan fingerprint density at radius 3 is 2.53 bits per heavy atom. The van der Waals surface area contributed by atoms with Gasteiger partial charge in [0.2, 0.25) is 0 Å². The summed E-state index contributed by atoms with van der Waals surface area (Å²) in [7, 11) is 0. The lowest BCUT2D eigenvalue weighted by Crippen LogP contribution is -2.33. The maximum Gasteiger partial charge on any atom is 0.328 e. The summed E-state index contributed by atoms with van der Waals surface area (Å²) in [6.07, 6.45) is 1.37. The third-order valence-corrected chi connectivity index (χ3v) is 2.39. The van der Waals surface area contributed by atoms with Crippen molar-refractivity contribution < 1.29 is 19.5 Å². The molecule has 0 aliphatic heterocycles. The number of carboxylic acid groups (broad SMARTS) is 1. The number of hydrogen-bond donors (Lipinski definition) is 3. The van der Waals surface area contributed by atoms with E-state index in [4.69, 9.17) is 16.7 Å². The zero-order valence-corrected chi connectivity index (χ0v) is 10.7. The number of aliphatic carboxylic acids is 1. The van der Waals surface area contributed by atoms with E-state index in [-0.39, 0.29) is 0 Å². The van der Waals surface area contributed by atoms with Gasteiger partial charge in [-0.2, -0.15) is 0 Å². The van der Waals surface area contributed by atoms with Crippen molar-refractivity contribution in [3.05, 3.63) is 40.9 Å². The molecule has 0 unspecified atom stereocenters. The van der Waals surface area contributed by atoms with E-state index in [2.05, 4.69) is 5.32 Å². The van der Waals surface area contributed by atoms with Crippen molar-refractivity contribution in [1.82, 2.24) is 5.32 Å². The topological polar surface area (TPSA) is 95.5 Å². The Kier molecular flexibility index (Phi) is 5.08. The summed E-state index contributed by atoms with van der Waals surface area (Å²) >= 11 is 5.89. The number of anilines is 1. The first kappa shape index (κ1) is 14.7. The van der Waals surface area contributed by atoms with E-state index in [1.54, 1.807) is 25.1 Å². The van der Waals surface area contributed by atoms with Crippen molar-refractivity contribution in [3.8, 4) is 0 Å². The highest BCUT2D eigenvalue weighted by molar-refractivity contribution is 6.34. The lowest BCUT2D eigenvalue weighted by molar-refractivity contribution is -0.131. The first-order valence-electron chi connectivity index (χ1n) is 5.18. The van der Waals surface area contributed by atoms with Gasteiger partial charge in [0, 0.05) is 12.2 Å². The molecule has 0 spiro atoms. The molecule has 0 saturated heterocycles. The number of imide groups is 1.